The molecule has 0 aliphatic carbocycles. The summed E-state index contributed by atoms with van der Waals surface area (Å²) in [6.07, 6.45) is 0. The number of ether oxygens (including phenoxy) is 1. The molecule has 0 aliphatic rings. The number of anilines is 1. The van der Waals surface area contributed by atoms with Crippen molar-refractivity contribution in [2.75, 3.05) is 12.4 Å². The van der Waals surface area contributed by atoms with Crippen molar-refractivity contribution in [1.29, 1.82) is 0 Å². The van der Waals surface area contributed by atoms with E-state index in [1.165, 1.54) is 25.3 Å². The van der Waals surface area contributed by atoms with Crippen molar-refractivity contribution >= 4 is 11.7 Å². The predicted octanol–water partition coefficient (Wildman–Crippen LogP) is 2.60. The normalized spacial score (nSPS) is 13.2. The summed E-state index contributed by atoms with van der Waals surface area (Å²) >= 11 is 0. The molecular weight excluding hydrogens is 270 g/mol. The van der Waals surface area contributed by atoms with Gasteiger partial charge in [-0.25, -0.2) is 4.79 Å². The van der Waals surface area contributed by atoms with Crippen molar-refractivity contribution in [2.45, 2.75) is 12.5 Å². The Balaban J connectivity index is 2.48. The first kappa shape index (κ1) is 14.7. The van der Waals surface area contributed by atoms with Gasteiger partial charge in [-0.05, 0) is 36.8 Å². The van der Waals surface area contributed by atoms with Crippen molar-refractivity contribution in [3.63, 3.8) is 0 Å². The van der Waals surface area contributed by atoms with Gasteiger partial charge in [-0.1, -0.05) is 18.2 Å². The highest BCUT2D eigenvalue weighted by molar-refractivity contribution is 5.86. The molecule has 0 saturated heterocycles. The molecule has 0 radical (unpaired) electrons. The van der Waals surface area contributed by atoms with Gasteiger partial charge in [0.05, 0.1) is 7.11 Å². The first-order valence-electron chi connectivity index (χ1n) is 6.41. The highest BCUT2D eigenvalue weighted by Gasteiger charge is 2.37. The summed E-state index contributed by atoms with van der Waals surface area (Å²) in [7, 11) is 1.29. The van der Waals surface area contributed by atoms with Crippen LogP contribution in [0.1, 0.15) is 12.5 Å². The fraction of sp³-hybridized carbons (Fsp3) is 0.188. The molecule has 0 spiro atoms. The topological polar surface area (TPSA) is 78.8 Å². The number of carbonyl (C=O) groups is 1. The van der Waals surface area contributed by atoms with Gasteiger partial charge >= 0.3 is 5.97 Å². The molecule has 2 rings (SSSR count). The van der Waals surface area contributed by atoms with Crippen molar-refractivity contribution < 1.29 is 19.7 Å². The Morgan fingerprint density at radius 1 is 1.10 bits per heavy atom. The standard InChI is InChI=1S/C16H17NO4/c1-16(15(20)21-2,17-12-6-4-3-5-7-12)11-8-13(18)10-14(19)9-11/h3-10,17-19H,1-2H3. The van der Waals surface area contributed by atoms with E-state index in [1.807, 2.05) is 30.3 Å². The number of carbonyl (C=O) groups excluding carboxylic acids is 1. The minimum atomic E-state index is -1.24. The number of hydrogen-bond acceptors (Lipinski definition) is 5. The van der Waals surface area contributed by atoms with Crippen LogP contribution < -0.4 is 5.32 Å². The lowest BCUT2D eigenvalue weighted by atomic mass is 9.91. The van der Waals surface area contributed by atoms with Crippen LogP contribution in [0.2, 0.25) is 0 Å². The second-order valence-electron chi connectivity index (χ2n) is 4.85. The molecule has 0 bridgehead atoms. The van der Waals surface area contributed by atoms with Crippen molar-refractivity contribution in [1.82, 2.24) is 0 Å². The molecule has 2 aromatic rings. The van der Waals surface area contributed by atoms with Gasteiger partial charge in [-0.15, -0.1) is 0 Å². The highest BCUT2D eigenvalue weighted by Crippen LogP contribution is 2.32. The third-order valence-corrected chi connectivity index (χ3v) is 3.24. The Bertz CT molecular complexity index is 622. The van der Waals surface area contributed by atoms with Crippen LogP contribution in [0.25, 0.3) is 0 Å². The molecule has 0 fully saturated rings. The second kappa shape index (κ2) is 5.75. The van der Waals surface area contributed by atoms with E-state index in [2.05, 4.69) is 5.32 Å². The number of phenolic OH excluding ortho intramolecular Hbond substituents is 2. The lowest BCUT2D eigenvalue weighted by molar-refractivity contribution is -0.145. The number of esters is 1. The summed E-state index contributed by atoms with van der Waals surface area (Å²) in [6, 6.07) is 13.2. The Morgan fingerprint density at radius 3 is 2.19 bits per heavy atom. The maximum absolute atomic E-state index is 12.2. The van der Waals surface area contributed by atoms with E-state index < -0.39 is 11.5 Å². The molecule has 110 valence electrons. The fourth-order valence-corrected chi connectivity index (χ4v) is 2.14. The van der Waals surface area contributed by atoms with Gasteiger partial charge in [-0.2, -0.15) is 0 Å². The molecular formula is C16H17NO4. The molecule has 5 heteroatoms. The number of aromatic hydroxyl groups is 2. The average molecular weight is 287 g/mol. The molecule has 1 unspecified atom stereocenters. The molecule has 21 heavy (non-hydrogen) atoms. The van der Waals surface area contributed by atoms with Crippen molar-refractivity contribution in [2.24, 2.45) is 0 Å². The summed E-state index contributed by atoms with van der Waals surface area (Å²) in [5, 5.41) is 22.4. The molecule has 0 saturated carbocycles. The molecule has 0 aromatic heterocycles. The fourth-order valence-electron chi connectivity index (χ4n) is 2.14. The van der Waals surface area contributed by atoms with E-state index in [-0.39, 0.29) is 11.5 Å². The van der Waals surface area contributed by atoms with E-state index >= 15 is 0 Å². The third kappa shape index (κ3) is 3.08. The molecule has 0 aliphatic heterocycles. The Labute approximate surface area is 122 Å². The summed E-state index contributed by atoms with van der Waals surface area (Å²) in [5.41, 5.74) is -0.129. The Kier molecular flexibility index (Phi) is 4.03. The number of methoxy groups -OCH3 is 1. The number of para-hydroxylation sites is 1. The van der Waals surface area contributed by atoms with Gasteiger partial charge in [0.2, 0.25) is 0 Å². The zero-order valence-electron chi connectivity index (χ0n) is 11.8. The van der Waals surface area contributed by atoms with Crippen LogP contribution >= 0.6 is 0 Å². The zero-order valence-corrected chi connectivity index (χ0v) is 11.8. The van der Waals surface area contributed by atoms with Gasteiger partial charge < -0.3 is 20.3 Å². The smallest absolute Gasteiger partial charge is 0.335 e. The van der Waals surface area contributed by atoms with Gasteiger partial charge in [-0.3, -0.25) is 0 Å². The monoisotopic (exact) mass is 287 g/mol. The Morgan fingerprint density at radius 2 is 1.67 bits per heavy atom. The maximum atomic E-state index is 12.2. The lowest BCUT2D eigenvalue weighted by Crippen LogP contribution is -2.41. The van der Waals surface area contributed by atoms with Crippen LogP contribution in [0.15, 0.2) is 48.5 Å². The van der Waals surface area contributed by atoms with E-state index in [0.717, 1.165) is 0 Å². The van der Waals surface area contributed by atoms with Crippen LogP contribution in [-0.4, -0.2) is 23.3 Å². The van der Waals surface area contributed by atoms with E-state index in [4.69, 9.17) is 4.74 Å². The van der Waals surface area contributed by atoms with Crippen LogP contribution in [0, 0.1) is 0 Å². The van der Waals surface area contributed by atoms with E-state index in [9.17, 15) is 15.0 Å². The molecule has 0 amide bonds. The maximum Gasteiger partial charge on any atom is 0.335 e. The first-order chi connectivity index (χ1) is 9.95. The first-order valence-corrected chi connectivity index (χ1v) is 6.41. The molecule has 2 aromatic carbocycles. The number of hydrogen-bond donors (Lipinski definition) is 3. The van der Waals surface area contributed by atoms with Gasteiger partial charge in [0.1, 0.15) is 11.5 Å². The quantitative estimate of drug-likeness (QED) is 0.753. The largest absolute Gasteiger partial charge is 0.508 e. The van der Waals surface area contributed by atoms with E-state index in [1.54, 1.807) is 6.92 Å². The highest BCUT2D eigenvalue weighted by atomic mass is 16.5. The number of nitrogens with one attached hydrogen (secondary N) is 1. The molecule has 3 N–H and O–H groups in total. The summed E-state index contributed by atoms with van der Waals surface area (Å²) in [4.78, 5) is 12.2. The van der Waals surface area contributed by atoms with Gasteiger partial charge in [0.25, 0.3) is 0 Å². The van der Waals surface area contributed by atoms with Crippen molar-refractivity contribution in [3.05, 3.63) is 54.1 Å². The van der Waals surface area contributed by atoms with Crippen LogP contribution in [-0.2, 0) is 15.1 Å². The van der Waals surface area contributed by atoms with Crippen LogP contribution in [0.3, 0.4) is 0 Å². The number of rotatable bonds is 4. The summed E-state index contributed by atoms with van der Waals surface area (Å²) in [6.45, 7) is 1.63. The lowest BCUT2D eigenvalue weighted by Gasteiger charge is -2.29. The van der Waals surface area contributed by atoms with Gasteiger partial charge in [0.15, 0.2) is 5.54 Å². The van der Waals surface area contributed by atoms with Crippen LogP contribution in [0.4, 0.5) is 5.69 Å². The number of phenols is 2. The second-order valence-corrected chi connectivity index (χ2v) is 4.85. The van der Waals surface area contributed by atoms with Crippen LogP contribution in [0.5, 0.6) is 11.5 Å². The molecule has 0 heterocycles. The van der Waals surface area contributed by atoms with Crippen molar-refractivity contribution in [3.8, 4) is 11.5 Å². The van der Waals surface area contributed by atoms with Gasteiger partial charge in [0, 0.05) is 11.8 Å². The minimum absolute atomic E-state index is 0.130. The average Bonchev–Trinajstić information content (AvgIpc) is 2.46. The minimum Gasteiger partial charge on any atom is -0.508 e. The zero-order chi connectivity index (χ0) is 15.5. The Hall–Kier alpha value is -2.69. The summed E-state index contributed by atoms with van der Waals surface area (Å²) in [5.74, 6) is -0.790. The number of benzene rings is 2. The van der Waals surface area contributed by atoms with E-state index in [0.29, 0.717) is 11.3 Å². The molecule has 5 nitrogen and oxygen atoms in total. The summed E-state index contributed by atoms with van der Waals surface area (Å²) < 4.78 is 4.86. The third-order valence-electron chi connectivity index (χ3n) is 3.24. The predicted molar refractivity (Wildman–Crippen MR) is 79.2 cm³/mol. The SMILES string of the molecule is COC(=O)C(C)(Nc1ccccc1)c1cc(O)cc(O)c1. The molecule has 1 atom stereocenters.